The molecule has 0 unspecified atom stereocenters. The summed E-state index contributed by atoms with van der Waals surface area (Å²) < 4.78 is 0.0744. The second-order valence-corrected chi connectivity index (χ2v) is 5.99. The van der Waals surface area contributed by atoms with Crippen molar-refractivity contribution in [2.45, 2.75) is 30.4 Å². The lowest BCUT2D eigenvalue weighted by molar-refractivity contribution is 0.425. The first-order valence-electron chi connectivity index (χ1n) is 4.54. The van der Waals surface area contributed by atoms with Crippen molar-refractivity contribution in [3.8, 4) is 0 Å². The Labute approximate surface area is 89.5 Å². The van der Waals surface area contributed by atoms with Crippen molar-refractivity contribution in [1.29, 1.82) is 0 Å². The molecule has 4 heteroatoms. The maximum absolute atomic E-state index is 9.14. The third-order valence-corrected chi connectivity index (χ3v) is 2.82. The van der Waals surface area contributed by atoms with Gasteiger partial charge in [0, 0.05) is 9.64 Å². The number of thioether (sulfide) groups is 1. The SMILES string of the molecule is CC(C)(C)Sc1ccccc1B(O)O. The van der Waals surface area contributed by atoms with Crippen molar-refractivity contribution in [1.82, 2.24) is 0 Å². The Kier molecular flexibility index (Phi) is 3.64. The normalized spacial score (nSPS) is 11.5. The summed E-state index contributed by atoms with van der Waals surface area (Å²) in [6, 6.07) is 7.35. The van der Waals surface area contributed by atoms with Gasteiger partial charge in [0.2, 0.25) is 0 Å². The van der Waals surface area contributed by atoms with E-state index in [9.17, 15) is 0 Å². The van der Waals surface area contributed by atoms with Gasteiger partial charge in [-0.1, -0.05) is 39.0 Å². The van der Waals surface area contributed by atoms with Crippen LogP contribution in [0.3, 0.4) is 0 Å². The predicted molar refractivity (Wildman–Crippen MR) is 61.9 cm³/mol. The first kappa shape index (κ1) is 11.6. The van der Waals surface area contributed by atoms with Gasteiger partial charge in [-0.05, 0) is 11.5 Å². The molecule has 0 heterocycles. The van der Waals surface area contributed by atoms with Gasteiger partial charge in [-0.3, -0.25) is 0 Å². The molecule has 0 aliphatic heterocycles. The maximum Gasteiger partial charge on any atom is 0.489 e. The Morgan fingerprint density at radius 3 is 2.21 bits per heavy atom. The third-order valence-electron chi connectivity index (χ3n) is 1.61. The summed E-state index contributed by atoms with van der Waals surface area (Å²) in [5.74, 6) is 0. The molecule has 1 aromatic carbocycles. The maximum atomic E-state index is 9.14. The van der Waals surface area contributed by atoms with Crippen LogP contribution < -0.4 is 5.46 Å². The quantitative estimate of drug-likeness (QED) is 0.570. The number of hydrogen-bond donors (Lipinski definition) is 2. The monoisotopic (exact) mass is 210 g/mol. The van der Waals surface area contributed by atoms with E-state index in [0.29, 0.717) is 5.46 Å². The minimum Gasteiger partial charge on any atom is -0.423 e. The van der Waals surface area contributed by atoms with Crippen molar-refractivity contribution in [2.24, 2.45) is 0 Å². The summed E-state index contributed by atoms with van der Waals surface area (Å²) in [5, 5.41) is 18.3. The zero-order valence-corrected chi connectivity index (χ0v) is 9.51. The van der Waals surface area contributed by atoms with E-state index in [1.165, 1.54) is 0 Å². The van der Waals surface area contributed by atoms with E-state index in [1.54, 1.807) is 17.8 Å². The summed E-state index contributed by atoms with van der Waals surface area (Å²) >= 11 is 1.64. The van der Waals surface area contributed by atoms with Crippen LogP contribution >= 0.6 is 11.8 Å². The van der Waals surface area contributed by atoms with Crippen molar-refractivity contribution in [3.05, 3.63) is 24.3 Å². The van der Waals surface area contributed by atoms with Gasteiger partial charge in [-0.15, -0.1) is 11.8 Å². The molecule has 0 aliphatic carbocycles. The summed E-state index contributed by atoms with van der Waals surface area (Å²) in [6.07, 6.45) is 0. The van der Waals surface area contributed by atoms with Gasteiger partial charge in [0.05, 0.1) is 0 Å². The van der Waals surface area contributed by atoms with Crippen LogP contribution in [0.4, 0.5) is 0 Å². The van der Waals surface area contributed by atoms with Crippen LogP contribution in [0.15, 0.2) is 29.2 Å². The molecule has 0 fully saturated rings. The van der Waals surface area contributed by atoms with Gasteiger partial charge in [0.15, 0.2) is 0 Å². The second-order valence-electron chi connectivity index (χ2n) is 4.13. The van der Waals surface area contributed by atoms with Gasteiger partial charge in [-0.2, -0.15) is 0 Å². The van der Waals surface area contributed by atoms with E-state index in [4.69, 9.17) is 10.0 Å². The highest BCUT2D eigenvalue weighted by Gasteiger charge is 2.19. The minimum absolute atomic E-state index is 0.0744. The fourth-order valence-corrected chi connectivity index (χ4v) is 2.21. The van der Waals surface area contributed by atoms with E-state index in [0.717, 1.165) is 4.90 Å². The van der Waals surface area contributed by atoms with E-state index in [-0.39, 0.29) is 4.75 Å². The highest BCUT2D eigenvalue weighted by Crippen LogP contribution is 2.30. The molecule has 0 aromatic heterocycles. The topological polar surface area (TPSA) is 40.5 Å². The average Bonchev–Trinajstić information content (AvgIpc) is 2.01. The van der Waals surface area contributed by atoms with Gasteiger partial charge in [0.25, 0.3) is 0 Å². The molecule has 0 spiro atoms. The molecule has 2 nitrogen and oxygen atoms in total. The standard InChI is InChI=1S/C10H15BO2S/c1-10(2,3)14-9-7-5-4-6-8(9)11(12)13/h4-7,12-13H,1-3H3. The molecule has 2 N–H and O–H groups in total. The number of benzene rings is 1. The summed E-state index contributed by atoms with van der Waals surface area (Å²) in [5.41, 5.74) is 0.576. The molecule has 0 saturated heterocycles. The molecule has 1 rings (SSSR count). The van der Waals surface area contributed by atoms with E-state index in [2.05, 4.69) is 20.8 Å². The molecule has 0 amide bonds. The summed E-state index contributed by atoms with van der Waals surface area (Å²) in [4.78, 5) is 0.926. The van der Waals surface area contributed by atoms with Crippen LogP contribution in [0.25, 0.3) is 0 Å². The summed E-state index contributed by atoms with van der Waals surface area (Å²) in [6.45, 7) is 6.29. The second kappa shape index (κ2) is 4.38. The number of rotatable bonds is 2. The molecular formula is C10H15BO2S. The Morgan fingerprint density at radius 1 is 1.14 bits per heavy atom. The van der Waals surface area contributed by atoms with Gasteiger partial charge < -0.3 is 10.0 Å². The lowest BCUT2D eigenvalue weighted by Gasteiger charge is -2.19. The molecule has 0 bridgehead atoms. The third kappa shape index (κ3) is 3.37. The van der Waals surface area contributed by atoms with E-state index < -0.39 is 7.12 Å². The molecule has 1 aromatic rings. The van der Waals surface area contributed by atoms with Crippen molar-refractivity contribution in [3.63, 3.8) is 0 Å². The van der Waals surface area contributed by atoms with Crippen LogP contribution in [0, 0.1) is 0 Å². The minimum atomic E-state index is -1.39. The first-order chi connectivity index (χ1) is 6.40. The molecule has 76 valence electrons. The fourth-order valence-electron chi connectivity index (χ4n) is 1.12. The molecular weight excluding hydrogens is 195 g/mol. The van der Waals surface area contributed by atoms with Gasteiger partial charge >= 0.3 is 7.12 Å². The van der Waals surface area contributed by atoms with Crippen LogP contribution in [-0.4, -0.2) is 21.9 Å². The molecule has 0 saturated carbocycles. The Bertz CT molecular complexity index is 307. The zero-order chi connectivity index (χ0) is 10.8. The highest BCUT2D eigenvalue weighted by molar-refractivity contribution is 8.00. The molecule has 0 radical (unpaired) electrons. The zero-order valence-electron chi connectivity index (χ0n) is 8.69. The van der Waals surface area contributed by atoms with Crippen molar-refractivity contribution in [2.75, 3.05) is 0 Å². The Hall–Kier alpha value is -0.445. The Morgan fingerprint density at radius 2 is 1.71 bits per heavy atom. The van der Waals surface area contributed by atoms with Crippen LogP contribution in [0.5, 0.6) is 0 Å². The van der Waals surface area contributed by atoms with Crippen molar-refractivity contribution >= 4 is 24.3 Å². The molecule has 0 aliphatic rings. The number of hydrogen-bond acceptors (Lipinski definition) is 3. The predicted octanol–water partition coefficient (Wildman–Crippen LogP) is 1.26. The first-order valence-corrected chi connectivity index (χ1v) is 5.36. The van der Waals surface area contributed by atoms with Crippen LogP contribution in [0.1, 0.15) is 20.8 Å². The fraction of sp³-hybridized carbons (Fsp3) is 0.400. The van der Waals surface area contributed by atoms with Crippen LogP contribution in [0.2, 0.25) is 0 Å². The lowest BCUT2D eigenvalue weighted by Crippen LogP contribution is -2.32. The largest absolute Gasteiger partial charge is 0.489 e. The highest BCUT2D eigenvalue weighted by atomic mass is 32.2. The van der Waals surface area contributed by atoms with Gasteiger partial charge in [-0.25, -0.2) is 0 Å². The Balaban J connectivity index is 2.96. The van der Waals surface area contributed by atoms with Crippen LogP contribution in [-0.2, 0) is 0 Å². The van der Waals surface area contributed by atoms with E-state index in [1.807, 2.05) is 18.2 Å². The molecule has 14 heavy (non-hydrogen) atoms. The average molecular weight is 210 g/mol. The van der Waals surface area contributed by atoms with Crippen molar-refractivity contribution < 1.29 is 10.0 Å². The lowest BCUT2D eigenvalue weighted by atomic mass is 9.80. The molecule has 0 atom stereocenters. The van der Waals surface area contributed by atoms with E-state index >= 15 is 0 Å². The van der Waals surface area contributed by atoms with Gasteiger partial charge in [0.1, 0.15) is 0 Å². The smallest absolute Gasteiger partial charge is 0.423 e. The summed E-state index contributed by atoms with van der Waals surface area (Å²) in [7, 11) is -1.39.